The van der Waals surface area contributed by atoms with E-state index < -0.39 is 0 Å². The van der Waals surface area contributed by atoms with E-state index >= 15 is 0 Å². The summed E-state index contributed by atoms with van der Waals surface area (Å²) >= 11 is 1.71. The zero-order valence-electron chi connectivity index (χ0n) is 11.2. The van der Waals surface area contributed by atoms with Crippen LogP contribution in [-0.2, 0) is 0 Å². The summed E-state index contributed by atoms with van der Waals surface area (Å²) in [6.45, 7) is 8.01. The van der Waals surface area contributed by atoms with E-state index in [2.05, 4.69) is 32.1 Å². The van der Waals surface area contributed by atoms with Crippen molar-refractivity contribution in [2.24, 2.45) is 0 Å². The van der Waals surface area contributed by atoms with Gasteiger partial charge in [-0.15, -0.1) is 11.3 Å². The molecule has 0 aromatic carbocycles. The average molecular weight is 275 g/mol. The maximum absolute atomic E-state index is 4.67. The van der Waals surface area contributed by atoms with Gasteiger partial charge in [0.15, 0.2) is 0 Å². The number of hydrogen-bond donors (Lipinski definition) is 1. The number of thiazole rings is 1. The van der Waals surface area contributed by atoms with E-state index in [1.165, 1.54) is 4.88 Å². The minimum atomic E-state index is 0.809. The normalized spacial score (nSPS) is 15.8. The molecule has 5 nitrogen and oxygen atoms in total. The molecule has 0 saturated carbocycles. The summed E-state index contributed by atoms with van der Waals surface area (Å²) in [7, 11) is 0. The molecule has 2 aromatic rings. The summed E-state index contributed by atoms with van der Waals surface area (Å²) in [5, 5.41) is 4.41. The molecule has 19 heavy (non-hydrogen) atoms. The van der Waals surface area contributed by atoms with Crippen LogP contribution in [0.3, 0.4) is 0 Å². The molecule has 0 radical (unpaired) electrons. The maximum Gasteiger partial charge on any atom is 0.225 e. The molecule has 0 spiro atoms. The van der Waals surface area contributed by atoms with Gasteiger partial charge in [0.25, 0.3) is 0 Å². The molecule has 0 bridgehead atoms. The SMILES string of the molecule is Cc1nc(-c2ccnc(N3CCNCC3)n2)c(C)s1. The van der Waals surface area contributed by atoms with Gasteiger partial charge in [-0.3, -0.25) is 0 Å². The molecule has 1 aliphatic rings. The second-order valence-corrected chi connectivity index (χ2v) is 6.02. The van der Waals surface area contributed by atoms with Gasteiger partial charge in [-0.25, -0.2) is 15.0 Å². The second kappa shape index (κ2) is 5.22. The van der Waals surface area contributed by atoms with Crippen LogP contribution in [0.15, 0.2) is 12.3 Å². The Labute approximate surface area is 116 Å². The number of aryl methyl sites for hydroxylation is 2. The summed E-state index contributed by atoms with van der Waals surface area (Å²) in [4.78, 5) is 17.1. The van der Waals surface area contributed by atoms with Gasteiger partial charge in [0, 0.05) is 37.3 Å². The Bertz CT molecular complexity index is 574. The van der Waals surface area contributed by atoms with Gasteiger partial charge in [-0.1, -0.05) is 0 Å². The largest absolute Gasteiger partial charge is 0.338 e. The fraction of sp³-hybridized carbons (Fsp3) is 0.462. The molecule has 1 fully saturated rings. The van der Waals surface area contributed by atoms with Crippen molar-refractivity contribution < 1.29 is 0 Å². The van der Waals surface area contributed by atoms with E-state index in [0.717, 1.165) is 48.5 Å². The van der Waals surface area contributed by atoms with Gasteiger partial charge in [-0.05, 0) is 19.9 Å². The van der Waals surface area contributed by atoms with Crippen molar-refractivity contribution in [3.05, 3.63) is 22.1 Å². The number of piperazine rings is 1. The van der Waals surface area contributed by atoms with Crippen molar-refractivity contribution in [1.29, 1.82) is 0 Å². The highest BCUT2D eigenvalue weighted by atomic mass is 32.1. The summed E-state index contributed by atoms with van der Waals surface area (Å²) in [5.41, 5.74) is 1.91. The van der Waals surface area contributed by atoms with E-state index in [0.29, 0.717) is 0 Å². The first-order chi connectivity index (χ1) is 9.24. The van der Waals surface area contributed by atoms with Gasteiger partial charge < -0.3 is 10.2 Å². The molecule has 6 heteroatoms. The van der Waals surface area contributed by atoms with Crippen LogP contribution < -0.4 is 10.2 Å². The minimum absolute atomic E-state index is 0.809. The van der Waals surface area contributed by atoms with Gasteiger partial charge in [-0.2, -0.15) is 0 Å². The van der Waals surface area contributed by atoms with Crippen LogP contribution in [0.25, 0.3) is 11.4 Å². The van der Waals surface area contributed by atoms with Crippen LogP contribution in [0.5, 0.6) is 0 Å². The van der Waals surface area contributed by atoms with E-state index in [1.54, 1.807) is 11.3 Å². The molecule has 1 aliphatic heterocycles. The first kappa shape index (κ1) is 12.5. The van der Waals surface area contributed by atoms with Crippen molar-refractivity contribution in [2.75, 3.05) is 31.1 Å². The Hall–Kier alpha value is -1.53. The predicted molar refractivity (Wildman–Crippen MR) is 77.7 cm³/mol. The standard InChI is InChI=1S/C13H17N5S/c1-9-12(16-10(2)19-9)11-3-4-15-13(17-11)18-7-5-14-6-8-18/h3-4,14H,5-8H2,1-2H3. The van der Waals surface area contributed by atoms with Crippen molar-refractivity contribution >= 4 is 17.3 Å². The first-order valence-corrected chi connectivity index (χ1v) is 7.29. The highest BCUT2D eigenvalue weighted by Gasteiger charge is 2.15. The molecule has 3 rings (SSSR count). The zero-order valence-corrected chi connectivity index (χ0v) is 12.0. The van der Waals surface area contributed by atoms with Gasteiger partial charge in [0.05, 0.1) is 10.7 Å². The van der Waals surface area contributed by atoms with Gasteiger partial charge >= 0.3 is 0 Å². The lowest BCUT2D eigenvalue weighted by Crippen LogP contribution is -2.44. The van der Waals surface area contributed by atoms with Crippen molar-refractivity contribution in [1.82, 2.24) is 20.3 Å². The molecule has 0 amide bonds. The lowest BCUT2D eigenvalue weighted by molar-refractivity contribution is 0.580. The quantitative estimate of drug-likeness (QED) is 0.902. The highest BCUT2D eigenvalue weighted by Crippen LogP contribution is 2.26. The third kappa shape index (κ3) is 2.59. The van der Waals surface area contributed by atoms with E-state index in [-0.39, 0.29) is 0 Å². The Morgan fingerprint density at radius 2 is 2.00 bits per heavy atom. The van der Waals surface area contributed by atoms with E-state index in [4.69, 9.17) is 0 Å². The number of nitrogens with zero attached hydrogens (tertiary/aromatic N) is 4. The number of aromatic nitrogens is 3. The smallest absolute Gasteiger partial charge is 0.225 e. The summed E-state index contributed by atoms with van der Waals surface area (Å²) < 4.78 is 0. The number of rotatable bonds is 2. The molecular formula is C13H17N5S. The topological polar surface area (TPSA) is 53.9 Å². The molecule has 0 atom stereocenters. The zero-order chi connectivity index (χ0) is 13.2. The fourth-order valence-electron chi connectivity index (χ4n) is 2.26. The molecule has 1 saturated heterocycles. The molecule has 100 valence electrons. The third-order valence-electron chi connectivity index (χ3n) is 3.19. The average Bonchev–Trinajstić information content (AvgIpc) is 2.79. The van der Waals surface area contributed by atoms with Crippen LogP contribution in [0.1, 0.15) is 9.88 Å². The number of anilines is 1. The molecule has 3 heterocycles. The van der Waals surface area contributed by atoms with Crippen LogP contribution in [0.4, 0.5) is 5.95 Å². The Morgan fingerprint density at radius 1 is 1.21 bits per heavy atom. The van der Waals surface area contributed by atoms with Crippen LogP contribution in [0, 0.1) is 13.8 Å². The minimum Gasteiger partial charge on any atom is -0.338 e. The van der Waals surface area contributed by atoms with Crippen molar-refractivity contribution in [3.63, 3.8) is 0 Å². The number of hydrogen-bond acceptors (Lipinski definition) is 6. The fourth-order valence-corrected chi connectivity index (χ4v) is 3.09. The van der Waals surface area contributed by atoms with Crippen LogP contribution >= 0.6 is 11.3 Å². The lowest BCUT2D eigenvalue weighted by Gasteiger charge is -2.27. The van der Waals surface area contributed by atoms with Crippen LogP contribution in [0.2, 0.25) is 0 Å². The highest BCUT2D eigenvalue weighted by molar-refractivity contribution is 7.11. The maximum atomic E-state index is 4.67. The first-order valence-electron chi connectivity index (χ1n) is 6.47. The van der Waals surface area contributed by atoms with Crippen LogP contribution in [-0.4, -0.2) is 41.1 Å². The number of nitrogens with one attached hydrogen (secondary N) is 1. The molecule has 0 unspecified atom stereocenters. The molecule has 0 aliphatic carbocycles. The molecular weight excluding hydrogens is 258 g/mol. The van der Waals surface area contributed by atoms with Crippen molar-refractivity contribution in [3.8, 4) is 11.4 Å². The van der Waals surface area contributed by atoms with E-state index in [1.807, 2.05) is 19.2 Å². The second-order valence-electron chi connectivity index (χ2n) is 4.62. The Balaban J connectivity index is 1.93. The summed E-state index contributed by atoms with van der Waals surface area (Å²) in [6, 6.07) is 1.94. The third-order valence-corrected chi connectivity index (χ3v) is 4.08. The van der Waals surface area contributed by atoms with Gasteiger partial charge in [0.1, 0.15) is 5.69 Å². The lowest BCUT2D eigenvalue weighted by atomic mass is 10.3. The van der Waals surface area contributed by atoms with E-state index in [9.17, 15) is 0 Å². The monoisotopic (exact) mass is 275 g/mol. The predicted octanol–water partition coefficient (Wildman–Crippen LogP) is 1.63. The van der Waals surface area contributed by atoms with Gasteiger partial charge in [0.2, 0.25) is 5.95 Å². The molecule has 1 N–H and O–H groups in total. The Morgan fingerprint density at radius 3 is 2.68 bits per heavy atom. The summed E-state index contributed by atoms with van der Waals surface area (Å²) in [5.74, 6) is 0.809. The summed E-state index contributed by atoms with van der Waals surface area (Å²) in [6.07, 6.45) is 1.83. The molecule has 2 aromatic heterocycles. The Kier molecular flexibility index (Phi) is 3.44. The van der Waals surface area contributed by atoms with Crippen molar-refractivity contribution in [2.45, 2.75) is 13.8 Å².